The lowest BCUT2D eigenvalue weighted by Gasteiger charge is -2.08. The van der Waals surface area contributed by atoms with Crippen molar-refractivity contribution in [3.05, 3.63) is 59.4 Å². The topological polar surface area (TPSA) is 96.4 Å². The van der Waals surface area contributed by atoms with Crippen molar-refractivity contribution in [1.82, 2.24) is 9.71 Å². The third-order valence-corrected chi connectivity index (χ3v) is 4.38. The number of hydrogen-bond acceptors (Lipinski definition) is 4. The number of aromatic nitrogens is 1. The van der Waals surface area contributed by atoms with Gasteiger partial charge in [0.05, 0.1) is 22.7 Å². The van der Waals surface area contributed by atoms with Gasteiger partial charge in [0.1, 0.15) is 0 Å². The molecule has 6 nitrogen and oxygen atoms in total. The molecule has 7 heteroatoms. The van der Waals surface area contributed by atoms with E-state index in [1.807, 2.05) is 13.0 Å². The highest BCUT2D eigenvalue weighted by Crippen LogP contribution is 2.12. The summed E-state index contributed by atoms with van der Waals surface area (Å²) in [5, 5.41) is 8.79. The first-order valence-corrected chi connectivity index (χ1v) is 7.62. The summed E-state index contributed by atoms with van der Waals surface area (Å²) in [6, 6.07) is 8.65. The fraction of sp³-hybridized carbons (Fsp3) is 0.143. The Hall–Kier alpha value is -2.25. The van der Waals surface area contributed by atoms with E-state index in [1.165, 1.54) is 24.3 Å². The van der Waals surface area contributed by atoms with Crippen molar-refractivity contribution in [1.29, 1.82) is 0 Å². The maximum atomic E-state index is 12.1. The highest BCUT2D eigenvalue weighted by Gasteiger charge is 2.15. The third kappa shape index (κ3) is 3.65. The minimum Gasteiger partial charge on any atom is -0.478 e. The van der Waals surface area contributed by atoms with Crippen molar-refractivity contribution < 1.29 is 18.3 Å². The lowest BCUT2D eigenvalue weighted by molar-refractivity contribution is 0.0696. The average Bonchev–Trinajstić information content (AvgIpc) is 2.46. The third-order valence-electron chi connectivity index (χ3n) is 2.96. The zero-order chi connectivity index (χ0) is 15.5. The maximum absolute atomic E-state index is 12.1. The largest absolute Gasteiger partial charge is 0.478 e. The molecule has 1 aromatic carbocycles. The van der Waals surface area contributed by atoms with E-state index in [-0.39, 0.29) is 17.0 Å². The van der Waals surface area contributed by atoms with Gasteiger partial charge in [0.15, 0.2) is 0 Å². The summed E-state index contributed by atoms with van der Waals surface area (Å²) < 4.78 is 26.7. The van der Waals surface area contributed by atoms with Crippen LogP contribution in [-0.2, 0) is 16.6 Å². The second-order valence-corrected chi connectivity index (χ2v) is 6.19. The lowest BCUT2D eigenvalue weighted by atomic mass is 10.2. The molecule has 1 heterocycles. The van der Waals surface area contributed by atoms with Gasteiger partial charge in [-0.25, -0.2) is 17.9 Å². The van der Waals surface area contributed by atoms with Crippen molar-refractivity contribution in [3.8, 4) is 0 Å². The maximum Gasteiger partial charge on any atom is 0.335 e. The number of rotatable bonds is 5. The minimum absolute atomic E-state index is 0.0149. The normalized spacial score (nSPS) is 11.3. The Morgan fingerprint density at radius 2 is 1.90 bits per heavy atom. The minimum atomic E-state index is -3.70. The molecule has 0 radical (unpaired) electrons. The Labute approximate surface area is 122 Å². The molecule has 2 rings (SSSR count). The Morgan fingerprint density at radius 3 is 2.48 bits per heavy atom. The van der Waals surface area contributed by atoms with Gasteiger partial charge in [-0.2, -0.15) is 0 Å². The number of aryl methyl sites for hydroxylation is 1. The van der Waals surface area contributed by atoms with Gasteiger partial charge in [-0.05, 0) is 42.8 Å². The molecular formula is C14H14N2O4S. The molecule has 0 aliphatic rings. The molecule has 0 amide bonds. The number of nitrogens with one attached hydrogen (secondary N) is 1. The number of hydrogen-bond donors (Lipinski definition) is 2. The molecule has 0 aliphatic heterocycles. The number of carboxylic acid groups (broad SMARTS) is 1. The van der Waals surface area contributed by atoms with Gasteiger partial charge in [-0.3, -0.25) is 4.98 Å². The fourth-order valence-electron chi connectivity index (χ4n) is 1.73. The number of carboxylic acids is 1. The molecule has 0 saturated heterocycles. The molecule has 2 aromatic rings. The molecule has 2 N–H and O–H groups in total. The van der Waals surface area contributed by atoms with Crippen molar-refractivity contribution in [2.24, 2.45) is 0 Å². The van der Waals surface area contributed by atoms with Crippen molar-refractivity contribution >= 4 is 16.0 Å². The quantitative estimate of drug-likeness (QED) is 0.874. The van der Waals surface area contributed by atoms with Crippen LogP contribution in [0.5, 0.6) is 0 Å². The first-order chi connectivity index (χ1) is 9.90. The molecule has 21 heavy (non-hydrogen) atoms. The van der Waals surface area contributed by atoms with Crippen molar-refractivity contribution in [2.45, 2.75) is 18.4 Å². The summed E-state index contributed by atoms with van der Waals surface area (Å²) in [7, 11) is -3.70. The average molecular weight is 306 g/mol. The smallest absolute Gasteiger partial charge is 0.335 e. The summed E-state index contributed by atoms with van der Waals surface area (Å²) in [6.07, 6.45) is 1.60. The van der Waals surface area contributed by atoms with Crippen LogP contribution in [0.1, 0.15) is 21.6 Å². The number of aromatic carboxylic acids is 1. The molecule has 0 spiro atoms. The Bertz CT molecular complexity index is 755. The molecular weight excluding hydrogens is 292 g/mol. The zero-order valence-corrected chi connectivity index (χ0v) is 12.1. The Kier molecular flexibility index (Phi) is 4.35. The summed E-state index contributed by atoms with van der Waals surface area (Å²) in [4.78, 5) is 14.9. The Balaban J connectivity index is 2.15. The predicted octanol–water partition coefficient (Wildman–Crippen LogP) is 1.57. The van der Waals surface area contributed by atoms with Gasteiger partial charge in [0.25, 0.3) is 0 Å². The number of sulfonamides is 1. The van der Waals surface area contributed by atoms with E-state index in [9.17, 15) is 13.2 Å². The second-order valence-electron chi connectivity index (χ2n) is 4.42. The number of benzene rings is 1. The van der Waals surface area contributed by atoms with E-state index in [1.54, 1.807) is 12.3 Å². The van der Waals surface area contributed by atoms with Crippen LogP contribution in [0.4, 0.5) is 0 Å². The SMILES string of the molecule is Cc1cccnc1CNS(=O)(=O)c1ccc(C(=O)O)cc1. The van der Waals surface area contributed by atoms with E-state index < -0.39 is 16.0 Å². The molecule has 110 valence electrons. The van der Waals surface area contributed by atoms with Crippen LogP contribution in [0.2, 0.25) is 0 Å². The molecule has 0 fully saturated rings. The zero-order valence-electron chi connectivity index (χ0n) is 11.3. The second kappa shape index (κ2) is 6.02. The van der Waals surface area contributed by atoms with E-state index in [2.05, 4.69) is 9.71 Å². The van der Waals surface area contributed by atoms with Crippen LogP contribution >= 0.6 is 0 Å². The first-order valence-electron chi connectivity index (χ1n) is 6.13. The first kappa shape index (κ1) is 15.1. The summed E-state index contributed by atoms with van der Waals surface area (Å²) in [5.41, 5.74) is 1.57. The predicted molar refractivity (Wildman–Crippen MR) is 76.4 cm³/mol. The number of pyridine rings is 1. The molecule has 0 aliphatic carbocycles. The van der Waals surface area contributed by atoms with Gasteiger partial charge < -0.3 is 5.11 Å². The molecule has 1 aromatic heterocycles. The molecule has 0 bridgehead atoms. The van der Waals surface area contributed by atoms with Crippen molar-refractivity contribution in [2.75, 3.05) is 0 Å². The van der Waals surface area contributed by atoms with Crippen LogP contribution in [0.25, 0.3) is 0 Å². The van der Waals surface area contributed by atoms with Crippen molar-refractivity contribution in [3.63, 3.8) is 0 Å². The Morgan fingerprint density at radius 1 is 1.24 bits per heavy atom. The van der Waals surface area contributed by atoms with E-state index in [0.717, 1.165) is 5.56 Å². The van der Waals surface area contributed by atoms with Crippen LogP contribution in [0.15, 0.2) is 47.5 Å². The van der Waals surface area contributed by atoms with Gasteiger partial charge in [-0.15, -0.1) is 0 Å². The van der Waals surface area contributed by atoms with Crippen LogP contribution in [-0.4, -0.2) is 24.5 Å². The highest BCUT2D eigenvalue weighted by molar-refractivity contribution is 7.89. The fourth-order valence-corrected chi connectivity index (χ4v) is 2.71. The lowest BCUT2D eigenvalue weighted by Crippen LogP contribution is -2.24. The van der Waals surface area contributed by atoms with Crippen LogP contribution in [0, 0.1) is 6.92 Å². The van der Waals surface area contributed by atoms with E-state index in [0.29, 0.717) is 5.69 Å². The standard InChI is InChI=1S/C14H14N2O4S/c1-10-3-2-8-15-13(10)9-16-21(19,20)12-6-4-11(5-7-12)14(17)18/h2-8,16H,9H2,1H3,(H,17,18). The summed E-state index contributed by atoms with van der Waals surface area (Å²) >= 11 is 0. The van der Waals surface area contributed by atoms with Crippen LogP contribution in [0.3, 0.4) is 0 Å². The van der Waals surface area contributed by atoms with Gasteiger partial charge in [-0.1, -0.05) is 6.07 Å². The number of nitrogens with zero attached hydrogens (tertiary/aromatic N) is 1. The summed E-state index contributed by atoms with van der Waals surface area (Å²) in [5.74, 6) is -1.10. The summed E-state index contributed by atoms with van der Waals surface area (Å²) in [6.45, 7) is 1.92. The highest BCUT2D eigenvalue weighted by atomic mass is 32.2. The van der Waals surface area contributed by atoms with Gasteiger partial charge in [0, 0.05) is 6.20 Å². The van der Waals surface area contributed by atoms with Gasteiger partial charge >= 0.3 is 5.97 Å². The van der Waals surface area contributed by atoms with E-state index >= 15 is 0 Å². The molecule has 0 unspecified atom stereocenters. The molecule has 0 saturated carbocycles. The van der Waals surface area contributed by atoms with Crippen LogP contribution < -0.4 is 4.72 Å². The monoisotopic (exact) mass is 306 g/mol. The van der Waals surface area contributed by atoms with E-state index in [4.69, 9.17) is 5.11 Å². The molecule has 0 atom stereocenters. The number of carbonyl (C=O) groups is 1. The van der Waals surface area contributed by atoms with Gasteiger partial charge in [0.2, 0.25) is 10.0 Å².